The number of carbonyl (C=O) groups is 2. The van der Waals surface area contributed by atoms with Crippen molar-refractivity contribution in [2.24, 2.45) is 0 Å². The SMILES string of the molecule is CCOc1ccc(C(=O)OCc2ccc(C(=O)Nc3ccccc3)cc2)cc1OC. The van der Waals surface area contributed by atoms with Crippen LogP contribution in [0.3, 0.4) is 0 Å². The van der Waals surface area contributed by atoms with Crippen LogP contribution in [-0.2, 0) is 11.3 Å². The van der Waals surface area contributed by atoms with Crippen molar-refractivity contribution in [3.8, 4) is 11.5 Å². The van der Waals surface area contributed by atoms with Crippen molar-refractivity contribution in [1.29, 1.82) is 0 Å². The quantitative estimate of drug-likeness (QED) is 0.550. The highest BCUT2D eigenvalue weighted by Crippen LogP contribution is 2.28. The van der Waals surface area contributed by atoms with E-state index in [1.165, 1.54) is 7.11 Å². The number of anilines is 1. The zero-order valence-electron chi connectivity index (χ0n) is 16.9. The minimum Gasteiger partial charge on any atom is -0.493 e. The maximum Gasteiger partial charge on any atom is 0.338 e. The van der Waals surface area contributed by atoms with Gasteiger partial charge in [0.1, 0.15) is 6.61 Å². The molecule has 0 unspecified atom stereocenters. The van der Waals surface area contributed by atoms with Gasteiger partial charge in [-0.15, -0.1) is 0 Å². The Morgan fingerprint density at radius 3 is 2.23 bits per heavy atom. The van der Waals surface area contributed by atoms with Crippen LogP contribution in [0.4, 0.5) is 5.69 Å². The van der Waals surface area contributed by atoms with E-state index in [2.05, 4.69) is 5.32 Å². The van der Waals surface area contributed by atoms with Crippen LogP contribution >= 0.6 is 0 Å². The van der Waals surface area contributed by atoms with E-state index >= 15 is 0 Å². The van der Waals surface area contributed by atoms with Gasteiger partial charge in [-0.05, 0) is 55.0 Å². The summed E-state index contributed by atoms with van der Waals surface area (Å²) in [6, 6.07) is 21.0. The third kappa shape index (κ3) is 5.38. The molecule has 0 bridgehead atoms. The van der Waals surface area contributed by atoms with Gasteiger partial charge in [0.05, 0.1) is 19.3 Å². The van der Waals surface area contributed by atoms with Crippen molar-refractivity contribution in [2.75, 3.05) is 19.0 Å². The van der Waals surface area contributed by atoms with Gasteiger partial charge >= 0.3 is 5.97 Å². The third-order valence-electron chi connectivity index (χ3n) is 4.32. The average Bonchev–Trinajstić information content (AvgIpc) is 2.79. The number of benzene rings is 3. The molecule has 30 heavy (non-hydrogen) atoms. The molecule has 3 aromatic carbocycles. The van der Waals surface area contributed by atoms with Gasteiger partial charge in [-0.2, -0.15) is 0 Å². The normalized spacial score (nSPS) is 10.2. The molecule has 1 amide bonds. The molecule has 0 aromatic heterocycles. The summed E-state index contributed by atoms with van der Waals surface area (Å²) in [5.74, 6) is 0.370. The number of carbonyl (C=O) groups excluding carboxylic acids is 2. The predicted molar refractivity (Wildman–Crippen MR) is 114 cm³/mol. The van der Waals surface area contributed by atoms with E-state index in [1.807, 2.05) is 37.3 Å². The van der Waals surface area contributed by atoms with Crippen LogP contribution in [0, 0.1) is 0 Å². The van der Waals surface area contributed by atoms with Gasteiger partial charge in [0.15, 0.2) is 11.5 Å². The van der Waals surface area contributed by atoms with Crippen LogP contribution in [-0.4, -0.2) is 25.6 Å². The molecule has 6 nitrogen and oxygen atoms in total. The number of methoxy groups -OCH3 is 1. The lowest BCUT2D eigenvalue weighted by atomic mass is 10.1. The Labute approximate surface area is 175 Å². The molecule has 0 aliphatic rings. The fraction of sp³-hybridized carbons (Fsp3) is 0.167. The maximum atomic E-state index is 12.4. The van der Waals surface area contributed by atoms with Crippen molar-refractivity contribution < 1.29 is 23.8 Å². The van der Waals surface area contributed by atoms with Gasteiger partial charge < -0.3 is 19.5 Å². The molecular formula is C24H23NO5. The zero-order chi connectivity index (χ0) is 21.3. The van der Waals surface area contributed by atoms with Crippen molar-refractivity contribution in [3.63, 3.8) is 0 Å². The molecule has 6 heteroatoms. The molecule has 0 aliphatic carbocycles. The Hall–Kier alpha value is -3.80. The van der Waals surface area contributed by atoms with E-state index in [9.17, 15) is 9.59 Å². The molecule has 0 aliphatic heterocycles. The number of nitrogens with one attached hydrogen (secondary N) is 1. The van der Waals surface area contributed by atoms with Crippen molar-refractivity contribution in [3.05, 3.63) is 89.5 Å². The number of amides is 1. The highest BCUT2D eigenvalue weighted by atomic mass is 16.5. The van der Waals surface area contributed by atoms with E-state index in [0.29, 0.717) is 29.2 Å². The number of hydrogen-bond donors (Lipinski definition) is 1. The topological polar surface area (TPSA) is 73.9 Å². The van der Waals surface area contributed by atoms with Gasteiger partial charge in [0, 0.05) is 11.3 Å². The largest absolute Gasteiger partial charge is 0.493 e. The van der Waals surface area contributed by atoms with Crippen molar-refractivity contribution in [1.82, 2.24) is 0 Å². The number of para-hydroxylation sites is 1. The van der Waals surface area contributed by atoms with Gasteiger partial charge in [0.2, 0.25) is 0 Å². The van der Waals surface area contributed by atoms with E-state index in [-0.39, 0.29) is 12.5 Å². The molecule has 0 atom stereocenters. The lowest BCUT2D eigenvalue weighted by Crippen LogP contribution is -2.12. The first kappa shape index (κ1) is 20.9. The fourth-order valence-corrected chi connectivity index (χ4v) is 2.78. The van der Waals surface area contributed by atoms with E-state index in [0.717, 1.165) is 11.3 Å². The lowest BCUT2D eigenvalue weighted by molar-refractivity contribution is 0.0472. The molecule has 1 N–H and O–H groups in total. The number of ether oxygens (including phenoxy) is 3. The van der Waals surface area contributed by atoms with Crippen molar-refractivity contribution in [2.45, 2.75) is 13.5 Å². The summed E-state index contributed by atoms with van der Waals surface area (Å²) in [4.78, 5) is 24.6. The van der Waals surface area contributed by atoms with E-state index in [1.54, 1.807) is 42.5 Å². The number of rotatable bonds is 8. The van der Waals surface area contributed by atoms with Gasteiger partial charge in [-0.1, -0.05) is 30.3 Å². The van der Waals surface area contributed by atoms with Crippen LogP contribution in [0.2, 0.25) is 0 Å². The van der Waals surface area contributed by atoms with Crippen LogP contribution in [0.1, 0.15) is 33.2 Å². The smallest absolute Gasteiger partial charge is 0.338 e. The standard InChI is InChI=1S/C24H23NO5/c1-3-29-21-14-13-19(15-22(21)28-2)24(27)30-16-17-9-11-18(12-10-17)23(26)25-20-7-5-4-6-8-20/h4-15H,3,16H2,1-2H3,(H,25,26). The minimum atomic E-state index is -0.470. The molecule has 154 valence electrons. The summed E-state index contributed by atoms with van der Waals surface area (Å²) in [5.41, 5.74) is 2.39. The highest BCUT2D eigenvalue weighted by molar-refractivity contribution is 6.04. The maximum absolute atomic E-state index is 12.4. The first-order valence-electron chi connectivity index (χ1n) is 9.54. The Morgan fingerprint density at radius 1 is 0.867 bits per heavy atom. The molecule has 0 saturated heterocycles. The zero-order valence-corrected chi connectivity index (χ0v) is 16.9. The van der Waals surface area contributed by atoms with E-state index in [4.69, 9.17) is 14.2 Å². The number of hydrogen-bond acceptors (Lipinski definition) is 5. The Morgan fingerprint density at radius 2 is 1.57 bits per heavy atom. The van der Waals surface area contributed by atoms with Crippen molar-refractivity contribution >= 4 is 17.6 Å². The molecule has 0 spiro atoms. The second-order valence-corrected chi connectivity index (χ2v) is 6.39. The summed E-state index contributed by atoms with van der Waals surface area (Å²) in [6.07, 6.45) is 0. The predicted octanol–water partition coefficient (Wildman–Crippen LogP) is 4.70. The summed E-state index contributed by atoms with van der Waals surface area (Å²) in [5, 5.41) is 2.83. The van der Waals surface area contributed by atoms with Crippen LogP contribution in [0.25, 0.3) is 0 Å². The Kier molecular flexibility index (Phi) is 7.05. The summed E-state index contributed by atoms with van der Waals surface area (Å²) < 4.78 is 16.1. The van der Waals surface area contributed by atoms with Crippen LogP contribution < -0.4 is 14.8 Å². The third-order valence-corrected chi connectivity index (χ3v) is 4.32. The van der Waals surface area contributed by atoms with E-state index < -0.39 is 5.97 Å². The Balaban J connectivity index is 1.58. The lowest BCUT2D eigenvalue weighted by Gasteiger charge is -2.11. The first-order chi connectivity index (χ1) is 14.6. The molecule has 3 rings (SSSR count). The molecular weight excluding hydrogens is 382 g/mol. The van der Waals surface area contributed by atoms with Gasteiger partial charge in [0.25, 0.3) is 5.91 Å². The second kappa shape index (κ2) is 10.1. The van der Waals surface area contributed by atoms with Gasteiger partial charge in [-0.25, -0.2) is 4.79 Å². The minimum absolute atomic E-state index is 0.0922. The summed E-state index contributed by atoms with van der Waals surface area (Å²) in [6.45, 7) is 2.46. The van der Waals surface area contributed by atoms with Gasteiger partial charge in [-0.3, -0.25) is 4.79 Å². The number of esters is 1. The molecule has 0 fully saturated rings. The van der Waals surface area contributed by atoms with Crippen LogP contribution in [0.5, 0.6) is 11.5 Å². The monoisotopic (exact) mass is 405 g/mol. The molecule has 0 radical (unpaired) electrons. The van der Waals surface area contributed by atoms with Crippen LogP contribution in [0.15, 0.2) is 72.8 Å². The Bertz CT molecular complexity index is 1000. The fourth-order valence-electron chi connectivity index (χ4n) is 2.78. The summed E-state index contributed by atoms with van der Waals surface area (Å²) >= 11 is 0. The first-order valence-corrected chi connectivity index (χ1v) is 9.54. The molecule has 0 saturated carbocycles. The molecule has 3 aromatic rings. The molecule has 0 heterocycles. The second-order valence-electron chi connectivity index (χ2n) is 6.39. The summed E-state index contributed by atoms with van der Waals surface area (Å²) in [7, 11) is 1.52. The highest BCUT2D eigenvalue weighted by Gasteiger charge is 2.13. The average molecular weight is 405 g/mol.